The molecule has 0 aromatic rings. The highest BCUT2D eigenvalue weighted by molar-refractivity contribution is 5.83. The lowest BCUT2D eigenvalue weighted by atomic mass is 9.80. The van der Waals surface area contributed by atoms with E-state index in [2.05, 4.69) is 19.2 Å². The minimum Gasteiger partial charge on any atom is -0.342 e. The van der Waals surface area contributed by atoms with Gasteiger partial charge in [0.1, 0.15) is 0 Å². The first-order chi connectivity index (χ1) is 8.63. The summed E-state index contributed by atoms with van der Waals surface area (Å²) in [5.41, 5.74) is 5.53. The van der Waals surface area contributed by atoms with Crippen LogP contribution < -0.4 is 11.1 Å². The van der Waals surface area contributed by atoms with Crippen LogP contribution in [-0.4, -0.2) is 44.0 Å². The Hall–Kier alpha value is -0.610. The van der Waals surface area contributed by atoms with Gasteiger partial charge in [0, 0.05) is 19.6 Å². The second-order valence-corrected chi connectivity index (χ2v) is 5.48. The molecule has 3 N–H and O–H groups in total. The minimum atomic E-state index is -0.324. The second kappa shape index (κ2) is 7.10. The molecule has 4 nitrogen and oxygen atoms in total. The van der Waals surface area contributed by atoms with E-state index in [9.17, 15) is 4.79 Å². The van der Waals surface area contributed by atoms with E-state index in [0.717, 1.165) is 51.2 Å². The summed E-state index contributed by atoms with van der Waals surface area (Å²) in [7, 11) is 1.99. The van der Waals surface area contributed by atoms with Gasteiger partial charge in [-0.2, -0.15) is 0 Å². The molecule has 106 valence electrons. The highest BCUT2D eigenvalue weighted by Crippen LogP contribution is 2.29. The van der Waals surface area contributed by atoms with Gasteiger partial charge < -0.3 is 16.0 Å². The molecule has 0 aromatic carbocycles. The molecule has 0 aromatic heterocycles. The molecule has 0 bridgehead atoms. The van der Waals surface area contributed by atoms with Crippen molar-refractivity contribution in [2.45, 2.75) is 39.5 Å². The van der Waals surface area contributed by atoms with Crippen molar-refractivity contribution in [1.82, 2.24) is 10.2 Å². The van der Waals surface area contributed by atoms with Gasteiger partial charge in [0.25, 0.3) is 0 Å². The summed E-state index contributed by atoms with van der Waals surface area (Å²) in [4.78, 5) is 14.6. The number of likely N-dealkylation sites (tertiary alicyclic amines) is 1. The number of hydrogen-bond donors (Lipinski definition) is 2. The lowest BCUT2D eigenvalue weighted by Crippen LogP contribution is -2.50. The largest absolute Gasteiger partial charge is 0.342 e. The van der Waals surface area contributed by atoms with Crippen molar-refractivity contribution < 1.29 is 4.79 Å². The summed E-state index contributed by atoms with van der Waals surface area (Å²) in [6.45, 7) is 7.46. The Labute approximate surface area is 111 Å². The zero-order valence-electron chi connectivity index (χ0n) is 12.2. The number of carbonyl (C=O) groups is 1. The first-order valence-electron chi connectivity index (χ1n) is 7.27. The Bertz CT molecular complexity index is 248. The molecule has 1 aliphatic heterocycles. The first kappa shape index (κ1) is 15.4. The van der Waals surface area contributed by atoms with Gasteiger partial charge in [-0.1, -0.05) is 13.8 Å². The highest BCUT2D eigenvalue weighted by atomic mass is 16.2. The Balaban J connectivity index is 2.58. The van der Waals surface area contributed by atoms with E-state index >= 15 is 0 Å². The monoisotopic (exact) mass is 255 g/mol. The van der Waals surface area contributed by atoms with Crippen LogP contribution in [0.4, 0.5) is 0 Å². The van der Waals surface area contributed by atoms with E-state index < -0.39 is 0 Å². The third kappa shape index (κ3) is 3.23. The molecule has 1 heterocycles. The number of carbonyl (C=O) groups excluding carboxylic acids is 1. The van der Waals surface area contributed by atoms with Crippen LogP contribution in [0.3, 0.4) is 0 Å². The molecule has 0 aliphatic carbocycles. The van der Waals surface area contributed by atoms with Crippen LogP contribution in [0.15, 0.2) is 0 Å². The molecule has 1 fully saturated rings. The van der Waals surface area contributed by atoms with Crippen molar-refractivity contribution in [2.24, 2.45) is 17.1 Å². The molecule has 0 spiro atoms. The van der Waals surface area contributed by atoms with E-state index in [4.69, 9.17) is 5.73 Å². The van der Waals surface area contributed by atoms with E-state index in [0.29, 0.717) is 6.54 Å². The quantitative estimate of drug-likeness (QED) is 0.750. The van der Waals surface area contributed by atoms with Crippen LogP contribution in [0, 0.1) is 11.3 Å². The second-order valence-electron chi connectivity index (χ2n) is 5.48. The molecule has 0 atom stereocenters. The number of nitrogens with two attached hydrogens (primary N) is 1. The van der Waals surface area contributed by atoms with Crippen molar-refractivity contribution in [3.8, 4) is 0 Å². The predicted molar refractivity (Wildman–Crippen MR) is 75.3 cm³/mol. The highest BCUT2D eigenvalue weighted by Gasteiger charge is 2.37. The molecule has 1 amide bonds. The van der Waals surface area contributed by atoms with E-state index in [1.54, 1.807) is 0 Å². The summed E-state index contributed by atoms with van der Waals surface area (Å²) in [6, 6.07) is 0. The molecular formula is C14H29N3O. The van der Waals surface area contributed by atoms with Gasteiger partial charge in [-0.05, 0) is 45.2 Å². The van der Waals surface area contributed by atoms with Gasteiger partial charge in [-0.3, -0.25) is 4.79 Å². The third-order valence-corrected chi connectivity index (χ3v) is 4.59. The van der Waals surface area contributed by atoms with Crippen molar-refractivity contribution in [2.75, 3.05) is 33.2 Å². The van der Waals surface area contributed by atoms with Gasteiger partial charge in [0.2, 0.25) is 5.91 Å². The maximum absolute atomic E-state index is 12.6. The molecule has 0 unspecified atom stereocenters. The van der Waals surface area contributed by atoms with Crippen molar-refractivity contribution in [3.05, 3.63) is 0 Å². The van der Waals surface area contributed by atoms with Crippen LogP contribution in [0.1, 0.15) is 39.5 Å². The van der Waals surface area contributed by atoms with Gasteiger partial charge in [-0.15, -0.1) is 0 Å². The summed E-state index contributed by atoms with van der Waals surface area (Å²) in [5, 5.41) is 3.22. The average Bonchev–Trinajstić information content (AvgIpc) is 2.42. The summed E-state index contributed by atoms with van der Waals surface area (Å²) >= 11 is 0. The predicted octanol–water partition coefficient (Wildman–Crippen LogP) is 1.21. The Morgan fingerprint density at radius 2 is 1.89 bits per heavy atom. The number of nitrogens with zero attached hydrogens (tertiary/aromatic N) is 1. The van der Waals surface area contributed by atoms with Crippen molar-refractivity contribution >= 4 is 5.91 Å². The van der Waals surface area contributed by atoms with Crippen LogP contribution in [-0.2, 0) is 4.79 Å². The Morgan fingerprint density at radius 1 is 1.33 bits per heavy atom. The van der Waals surface area contributed by atoms with Gasteiger partial charge in [0.15, 0.2) is 0 Å². The molecule has 1 saturated heterocycles. The topological polar surface area (TPSA) is 58.4 Å². The fraction of sp³-hybridized carbons (Fsp3) is 0.929. The van der Waals surface area contributed by atoms with E-state index in [-0.39, 0.29) is 11.3 Å². The zero-order valence-corrected chi connectivity index (χ0v) is 12.2. The lowest BCUT2D eigenvalue weighted by Gasteiger charge is -2.39. The smallest absolute Gasteiger partial charge is 0.230 e. The van der Waals surface area contributed by atoms with Crippen LogP contribution in [0.5, 0.6) is 0 Å². The standard InChI is InChI=1S/C14H29N3O/c1-4-14(5-2,11-15)13(18)17-8-6-12(7-9-17)10-16-3/h12,16H,4-11,15H2,1-3H3. The Morgan fingerprint density at radius 3 is 2.28 bits per heavy atom. The first-order valence-corrected chi connectivity index (χ1v) is 7.27. The van der Waals surface area contributed by atoms with Crippen molar-refractivity contribution in [1.29, 1.82) is 0 Å². The number of piperidine rings is 1. The molecule has 0 saturated carbocycles. The molecule has 4 heteroatoms. The number of amides is 1. The fourth-order valence-corrected chi connectivity index (χ4v) is 2.89. The molecule has 1 aliphatic rings. The van der Waals surface area contributed by atoms with E-state index in [1.807, 2.05) is 11.9 Å². The maximum Gasteiger partial charge on any atom is 0.230 e. The zero-order chi connectivity index (χ0) is 13.6. The number of hydrogen-bond acceptors (Lipinski definition) is 3. The number of nitrogens with one attached hydrogen (secondary N) is 1. The fourth-order valence-electron chi connectivity index (χ4n) is 2.89. The van der Waals surface area contributed by atoms with E-state index in [1.165, 1.54) is 0 Å². The summed E-state index contributed by atoms with van der Waals surface area (Å²) in [5.74, 6) is 0.993. The number of rotatable bonds is 6. The lowest BCUT2D eigenvalue weighted by molar-refractivity contribution is -0.143. The molecular weight excluding hydrogens is 226 g/mol. The molecule has 1 rings (SSSR count). The van der Waals surface area contributed by atoms with Gasteiger partial charge in [0.05, 0.1) is 5.41 Å². The molecule has 18 heavy (non-hydrogen) atoms. The normalized spacial score (nSPS) is 18.1. The molecule has 0 radical (unpaired) electrons. The third-order valence-electron chi connectivity index (χ3n) is 4.59. The van der Waals surface area contributed by atoms with Crippen LogP contribution in [0.25, 0.3) is 0 Å². The minimum absolute atomic E-state index is 0.276. The summed E-state index contributed by atoms with van der Waals surface area (Å²) in [6.07, 6.45) is 3.91. The van der Waals surface area contributed by atoms with Crippen molar-refractivity contribution in [3.63, 3.8) is 0 Å². The van der Waals surface area contributed by atoms with Crippen LogP contribution in [0.2, 0.25) is 0 Å². The summed E-state index contributed by atoms with van der Waals surface area (Å²) < 4.78 is 0. The Kier molecular flexibility index (Phi) is 6.09. The van der Waals surface area contributed by atoms with Gasteiger partial charge in [-0.25, -0.2) is 0 Å². The SMILES string of the molecule is CCC(CC)(CN)C(=O)N1CCC(CNC)CC1. The van der Waals surface area contributed by atoms with Gasteiger partial charge >= 0.3 is 0 Å². The average molecular weight is 255 g/mol. The maximum atomic E-state index is 12.6. The van der Waals surface area contributed by atoms with Crippen LogP contribution >= 0.6 is 0 Å².